The second-order valence-corrected chi connectivity index (χ2v) is 5.24. The van der Waals surface area contributed by atoms with Gasteiger partial charge in [-0.15, -0.1) is 0 Å². The van der Waals surface area contributed by atoms with Gasteiger partial charge < -0.3 is 10.2 Å². The van der Waals surface area contributed by atoms with E-state index in [9.17, 15) is 0 Å². The molecule has 0 bridgehead atoms. The molecule has 4 nitrogen and oxygen atoms in total. The Labute approximate surface area is 111 Å². The smallest absolute Gasteiger partial charge is 0.148 e. The number of rotatable bonds is 5. The fraction of sp³-hybridized carbons (Fsp3) is 0.667. The normalized spacial score (nSPS) is 15.5. The summed E-state index contributed by atoms with van der Waals surface area (Å²) in [6.45, 7) is 4.26. The van der Waals surface area contributed by atoms with Crippen LogP contribution in [0.2, 0.25) is 0 Å². The molecule has 0 unspecified atom stereocenters. The molecule has 94 valence electrons. The second-order valence-electron chi connectivity index (χ2n) is 4.45. The minimum Gasteiger partial charge on any atom is -0.372 e. The monoisotopic (exact) mass is 298 g/mol. The Bertz CT molecular complexity index is 379. The number of aromatic nitrogens is 2. The van der Waals surface area contributed by atoms with Crippen LogP contribution in [0.4, 0.5) is 11.6 Å². The topological polar surface area (TPSA) is 41.1 Å². The molecule has 17 heavy (non-hydrogen) atoms. The van der Waals surface area contributed by atoms with Gasteiger partial charge in [-0.2, -0.15) is 0 Å². The lowest BCUT2D eigenvalue weighted by Gasteiger charge is -2.32. The fourth-order valence-corrected chi connectivity index (χ4v) is 2.76. The average molecular weight is 299 g/mol. The Balaban J connectivity index is 2.17. The Kier molecular flexibility index (Phi) is 4.20. The highest BCUT2D eigenvalue weighted by Crippen LogP contribution is 2.32. The molecule has 1 heterocycles. The lowest BCUT2D eigenvalue weighted by Crippen LogP contribution is -2.33. The van der Waals surface area contributed by atoms with Gasteiger partial charge in [0, 0.05) is 20.1 Å². The van der Waals surface area contributed by atoms with Gasteiger partial charge in [0.1, 0.15) is 22.4 Å². The van der Waals surface area contributed by atoms with Crippen molar-refractivity contribution < 1.29 is 0 Å². The quantitative estimate of drug-likeness (QED) is 0.907. The molecular weight excluding hydrogens is 280 g/mol. The molecule has 1 aliphatic carbocycles. The van der Waals surface area contributed by atoms with Gasteiger partial charge in [-0.3, -0.25) is 0 Å². The molecule has 5 heteroatoms. The highest BCUT2D eigenvalue weighted by atomic mass is 79.9. The van der Waals surface area contributed by atoms with E-state index in [1.54, 1.807) is 6.33 Å². The van der Waals surface area contributed by atoms with Crippen LogP contribution in [0.25, 0.3) is 0 Å². The number of halogens is 1. The molecule has 0 atom stereocenters. The zero-order chi connectivity index (χ0) is 12.3. The van der Waals surface area contributed by atoms with E-state index >= 15 is 0 Å². The molecule has 0 aliphatic heterocycles. The maximum absolute atomic E-state index is 4.40. The molecule has 0 radical (unpaired) electrons. The van der Waals surface area contributed by atoms with Crippen molar-refractivity contribution >= 4 is 27.6 Å². The van der Waals surface area contributed by atoms with Crippen molar-refractivity contribution in [3.8, 4) is 0 Å². The third kappa shape index (κ3) is 2.70. The molecule has 1 aliphatic rings. The zero-order valence-electron chi connectivity index (χ0n) is 10.4. The van der Waals surface area contributed by atoms with Crippen molar-refractivity contribution in [3.05, 3.63) is 10.8 Å². The summed E-state index contributed by atoms with van der Waals surface area (Å²) in [5.74, 6) is 2.69. The Morgan fingerprint density at radius 1 is 1.47 bits per heavy atom. The van der Waals surface area contributed by atoms with Gasteiger partial charge in [-0.25, -0.2) is 9.97 Å². The molecular formula is C12H19BrN4. The highest BCUT2D eigenvalue weighted by molar-refractivity contribution is 9.10. The van der Waals surface area contributed by atoms with Crippen LogP contribution >= 0.6 is 15.9 Å². The largest absolute Gasteiger partial charge is 0.372 e. The van der Waals surface area contributed by atoms with E-state index in [-0.39, 0.29) is 0 Å². The fourth-order valence-electron chi connectivity index (χ4n) is 2.11. The number of nitrogens with one attached hydrogen (secondary N) is 1. The van der Waals surface area contributed by atoms with Gasteiger partial charge in [-0.1, -0.05) is 6.42 Å². The van der Waals surface area contributed by atoms with E-state index < -0.39 is 0 Å². The molecule has 1 aromatic rings. The standard InChI is InChI=1S/C12H19BrN4/c1-3-17(7-9-5-4-6-9)12-10(13)11(14-2)15-8-16-12/h8-9H,3-7H2,1-2H3,(H,14,15,16). The molecule has 1 aromatic heterocycles. The van der Waals surface area contributed by atoms with Crippen molar-refractivity contribution in [2.24, 2.45) is 5.92 Å². The summed E-state index contributed by atoms with van der Waals surface area (Å²) >= 11 is 3.58. The van der Waals surface area contributed by atoms with Gasteiger partial charge in [0.25, 0.3) is 0 Å². The van der Waals surface area contributed by atoms with Crippen LogP contribution in [-0.4, -0.2) is 30.1 Å². The second kappa shape index (κ2) is 5.67. The van der Waals surface area contributed by atoms with E-state index in [4.69, 9.17) is 0 Å². The van der Waals surface area contributed by atoms with Crippen molar-refractivity contribution in [1.82, 2.24) is 9.97 Å². The maximum atomic E-state index is 4.40. The van der Waals surface area contributed by atoms with E-state index in [0.29, 0.717) is 0 Å². The van der Waals surface area contributed by atoms with Gasteiger partial charge >= 0.3 is 0 Å². The number of hydrogen-bond donors (Lipinski definition) is 1. The first kappa shape index (κ1) is 12.6. The van der Waals surface area contributed by atoms with Crippen molar-refractivity contribution in [2.45, 2.75) is 26.2 Å². The van der Waals surface area contributed by atoms with E-state index in [1.807, 2.05) is 7.05 Å². The van der Waals surface area contributed by atoms with Crippen LogP contribution in [0.1, 0.15) is 26.2 Å². The Morgan fingerprint density at radius 3 is 2.76 bits per heavy atom. The first-order valence-corrected chi connectivity index (χ1v) is 6.98. The molecule has 1 N–H and O–H groups in total. The summed E-state index contributed by atoms with van der Waals surface area (Å²) in [6, 6.07) is 0. The predicted octanol–water partition coefficient (Wildman–Crippen LogP) is 2.91. The molecule has 0 amide bonds. The summed E-state index contributed by atoms with van der Waals surface area (Å²) in [7, 11) is 1.87. The minimum absolute atomic E-state index is 0.842. The lowest BCUT2D eigenvalue weighted by molar-refractivity contribution is 0.318. The van der Waals surface area contributed by atoms with E-state index in [1.165, 1.54) is 19.3 Å². The summed E-state index contributed by atoms with van der Waals surface area (Å²) < 4.78 is 0.962. The third-order valence-electron chi connectivity index (χ3n) is 3.39. The van der Waals surface area contributed by atoms with Crippen molar-refractivity contribution in [1.29, 1.82) is 0 Å². The SMILES string of the molecule is CCN(CC1CCC1)c1ncnc(NC)c1Br. The third-order valence-corrected chi connectivity index (χ3v) is 4.12. The van der Waals surface area contributed by atoms with Crippen LogP contribution in [0, 0.1) is 5.92 Å². The van der Waals surface area contributed by atoms with Crippen LogP contribution < -0.4 is 10.2 Å². The number of nitrogens with zero attached hydrogens (tertiary/aromatic N) is 3. The van der Waals surface area contributed by atoms with Gasteiger partial charge in [0.2, 0.25) is 0 Å². The minimum atomic E-state index is 0.842. The van der Waals surface area contributed by atoms with E-state index in [0.717, 1.165) is 35.1 Å². The molecule has 1 fully saturated rings. The first-order chi connectivity index (χ1) is 8.26. The van der Waals surface area contributed by atoms with E-state index in [2.05, 4.69) is 43.0 Å². The van der Waals surface area contributed by atoms with Crippen LogP contribution in [0.5, 0.6) is 0 Å². The van der Waals surface area contributed by atoms with Crippen molar-refractivity contribution in [3.63, 3.8) is 0 Å². The van der Waals surface area contributed by atoms with Gasteiger partial charge in [0.05, 0.1) is 0 Å². The van der Waals surface area contributed by atoms with Gasteiger partial charge in [-0.05, 0) is 41.6 Å². The lowest BCUT2D eigenvalue weighted by atomic mass is 9.85. The highest BCUT2D eigenvalue weighted by Gasteiger charge is 2.22. The summed E-state index contributed by atoms with van der Waals surface area (Å²) in [6.07, 6.45) is 5.72. The van der Waals surface area contributed by atoms with Crippen LogP contribution in [0.3, 0.4) is 0 Å². The molecule has 0 spiro atoms. The van der Waals surface area contributed by atoms with Gasteiger partial charge in [0.15, 0.2) is 0 Å². The Hall–Kier alpha value is -0.840. The molecule has 0 aromatic carbocycles. The average Bonchev–Trinajstić information content (AvgIpc) is 2.29. The first-order valence-electron chi connectivity index (χ1n) is 6.19. The predicted molar refractivity (Wildman–Crippen MR) is 74.5 cm³/mol. The molecule has 0 saturated heterocycles. The van der Waals surface area contributed by atoms with Crippen molar-refractivity contribution in [2.75, 3.05) is 30.4 Å². The molecule has 2 rings (SSSR count). The number of hydrogen-bond acceptors (Lipinski definition) is 4. The maximum Gasteiger partial charge on any atom is 0.148 e. The summed E-state index contributed by atoms with van der Waals surface area (Å²) in [4.78, 5) is 10.9. The summed E-state index contributed by atoms with van der Waals surface area (Å²) in [5, 5.41) is 3.07. The summed E-state index contributed by atoms with van der Waals surface area (Å²) in [5.41, 5.74) is 0. The molecule has 1 saturated carbocycles. The Morgan fingerprint density at radius 2 is 2.24 bits per heavy atom. The van der Waals surface area contributed by atoms with Crippen LogP contribution in [0.15, 0.2) is 10.8 Å². The van der Waals surface area contributed by atoms with Crippen LogP contribution in [-0.2, 0) is 0 Å². The zero-order valence-corrected chi connectivity index (χ0v) is 12.0. The number of anilines is 2.